The van der Waals surface area contributed by atoms with Crippen LogP contribution in [-0.2, 0) is 4.79 Å². The number of hydrogen-bond donors (Lipinski definition) is 1. The first-order valence-electron chi connectivity index (χ1n) is 7.34. The Morgan fingerprint density at radius 1 is 1.18 bits per heavy atom. The molecular weight excluding hydrogens is 212 g/mol. The predicted molar refractivity (Wildman–Crippen MR) is 69.9 cm³/mol. The third kappa shape index (κ3) is 3.21. The third-order valence-corrected chi connectivity index (χ3v) is 4.20. The topological polar surface area (TPSA) is 32.3 Å². The normalized spacial score (nSPS) is 22.9. The summed E-state index contributed by atoms with van der Waals surface area (Å²) in [4.78, 5) is 14.7. The van der Waals surface area contributed by atoms with Crippen molar-refractivity contribution in [1.29, 1.82) is 0 Å². The van der Waals surface area contributed by atoms with Gasteiger partial charge < -0.3 is 10.2 Å². The van der Waals surface area contributed by atoms with E-state index in [0.29, 0.717) is 17.9 Å². The van der Waals surface area contributed by atoms with Crippen LogP contribution in [0.25, 0.3) is 0 Å². The first-order chi connectivity index (χ1) is 8.33. The Bertz CT molecular complexity index is 243. The molecule has 1 amide bonds. The number of carbonyl (C=O) groups excluding carboxylic acids is 1. The van der Waals surface area contributed by atoms with E-state index in [4.69, 9.17) is 0 Å². The minimum absolute atomic E-state index is 0.344. The lowest BCUT2D eigenvalue weighted by molar-refractivity contribution is -0.138. The molecule has 3 nitrogen and oxygen atoms in total. The quantitative estimate of drug-likeness (QED) is 0.814. The third-order valence-electron chi connectivity index (χ3n) is 4.20. The molecule has 98 valence electrons. The van der Waals surface area contributed by atoms with E-state index in [2.05, 4.69) is 17.1 Å². The monoisotopic (exact) mass is 238 g/mol. The maximum Gasteiger partial charge on any atom is 0.225 e. The molecule has 0 atom stereocenters. The first-order valence-corrected chi connectivity index (χ1v) is 7.34. The van der Waals surface area contributed by atoms with Gasteiger partial charge in [-0.3, -0.25) is 4.79 Å². The second kappa shape index (κ2) is 6.39. The molecule has 0 unspecified atom stereocenters. The van der Waals surface area contributed by atoms with Gasteiger partial charge in [0, 0.05) is 18.5 Å². The molecule has 0 spiro atoms. The maximum absolute atomic E-state index is 12.5. The first kappa shape index (κ1) is 12.9. The van der Waals surface area contributed by atoms with Gasteiger partial charge in [-0.25, -0.2) is 0 Å². The van der Waals surface area contributed by atoms with Gasteiger partial charge in [-0.15, -0.1) is 0 Å². The molecule has 3 heteroatoms. The summed E-state index contributed by atoms with van der Waals surface area (Å²) in [5.41, 5.74) is 0. The van der Waals surface area contributed by atoms with Crippen molar-refractivity contribution in [3.8, 4) is 0 Å². The number of hydrogen-bond acceptors (Lipinski definition) is 2. The number of piperidine rings is 1. The Balaban J connectivity index is 1.96. The van der Waals surface area contributed by atoms with Gasteiger partial charge in [0.1, 0.15) is 0 Å². The maximum atomic E-state index is 12.5. The van der Waals surface area contributed by atoms with Crippen LogP contribution in [0.5, 0.6) is 0 Å². The van der Waals surface area contributed by atoms with Crippen molar-refractivity contribution in [3.05, 3.63) is 0 Å². The van der Waals surface area contributed by atoms with E-state index in [0.717, 1.165) is 51.7 Å². The average Bonchev–Trinajstić information content (AvgIpc) is 2.90. The molecular formula is C14H26N2O. The Morgan fingerprint density at radius 2 is 1.82 bits per heavy atom. The van der Waals surface area contributed by atoms with E-state index in [1.807, 2.05) is 0 Å². The predicted octanol–water partition coefficient (Wildman–Crippen LogP) is 2.17. The van der Waals surface area contributed by atoms with Gasteiger partial charge in [0.05, 0.1) is 0 Å². The highest BCUT2D eigenvalue weighted by Gasteiger charge is 2.31. The van der Waals surface area contributed by atoms with Crippen LogP contribution in [0.15, 0.2) is 0 Å². The fourth-order valence-electron chi connectivity index (χ4n) is 3.24. The van der Waals surface area contributed by atoms with Gasteiger partial charge in [0.25, 0.3) is 0 Å². The molecule has 0 bridgehead atoms. The van der Waals surface area contributed by atoms with Gasteiger partial charge in [0.15, 0.2) is 0 Å². The summed E-state index contributed by atoms with van der Waals surface area (Å²) in [7, 11) is 0. The molecule has 17 heavy (non-hydrogen) atoms. The summed E-state index contributed by atoms with van der Waals surface area (Å²) in [5, 5.41) is 3.38. The number of rotatable bonds is 4. The van der Waals surface area contributed by atoms with E-state index in [9.17, 15) is 4.79 Å². The van der Waals surface area contributed by atoms with E-state index >= 15 is 0 Å². The standard InChI is InChI=1S/C14H26N2O/c1-2-11-16(13-7-9-15-10-8-13)14(17)12-5-3-4-6-12/h12-13,15H,2-11H2,1H3. The molecule has 0 aromatic carbocycles. The second-order valence-electron chi connectivity index (χ2n) is 5.49. The molecule has 1 heterocycles. The highest BCUT2D eigenvalue weighted by Crippen LogP contribution is 2.28. The lowest BCUT2D eigenvalue weighted by atomic mass is 10.00. The van der Waals surface area contributed by atoms with Crippen molar-refractivity contribution >= 4 is 5.91 Å². The zero-order chi connectivity index (χ0) is 12.1. The molecule has 0 radical (unpaired) electrons. The van der Waals surface area contributed by atoms with Crippen molar-refractivity contribution in [3.63, 3.8) is 0 Å². The number of nitrogens with one attached hydrogen (secondary N) is 1. The molecule has 2 rings (SSSR count). The fraction of sp³-hybridized carbons (Fsp3) is 0.929. The summed E-state index contributed by atoms with van der Waals surface area (Å²) in [6.45, 7) is 5.28. The van der Waals surface area contributed by atoms with Gasteiger partial charge in [0.2, 0.25) is 5.91 Å². The molecule has 1 saturated carbocycles. The Morgan fingerprint density at radius 3 is 2.41 bits per heavy atom. The largest absolute Gasteiger partial charge is 0.339 e. The van der Waals surface area contributed by atoms with Crippen molar-refractivity contribution in [2.45, 2.75) is 57.9 Å². The smallest absolute Gasteiger partial charge is 0.225 e. The van der Waals surface area contributed by atoms with Crippen LogP contribution in [0.2, 0.25) is 0 Å². The van der Waals surface area contributed by atoms with Crippen molar-refractivity contribution in [1.82, 2.24) is 10.2 Å². The Labute approximate surface area is 105 Å². The molecule has 1 saturated heterocycles. The highest BCUT2D eigenvalue weighted by atomic mass is 16.2. The minimum atomic E-state index is 0.344. The van der Waals surface area contributed by atoms with E-state index in [1.54, 1.807) is 0 Å². The molecule has 1 aliphatic heterocycles. The van der Waals surface area contributed by atoms with E-state index in [-0.39, 0.29) is 0 Å². The fourth-order valence-corrected chi connectivity index (χ4v) is 3.24. The van der Waals surface area contributed by atoms with E-state index in [1.165, 1.54) is 12.8 Å². The van der Waals surface area contributed by atoms with Crippen LogP contribution < -0.4 is 5.32 Å². The summed E-state index contributed by atoms with van der Waals surface area (Å²) < 4.78 is 0. The summed E-state index contributed by atoms with van der Waals surface area (Å²) in [6.07, 6.45) is 8.12. The molecule has 0 aromatic heterocycles. The van der Waals surface area contributed by atoms with E-state index < -0.39 is 0 Å². The molecule has 2 aliphatic rings. The molecule has 1 N–H and O–H groups in total. The zero-order valence-electron chi connectivity index (χ0n) is 11.1. The minimum Gasteiger partial charge on any atom is -0.339 e. The van der Waals surface area contributed by atoms with Crippen LogP contribution in [0.1, 0.15) is 51.9 Å². The van der Waals surface area contributed by atoms with Crippen LogP contribution in [0.4, 0.5) is 0 Å². The van der Waals surface area contributed by atoms with Crippen LogP contribution >= 0.6 is 0 Å². The highest BCUT2D eigenvalue weighted by molar-refractivity contribution is 5.79. The van der Waals surface area contributed by atoms with Gasteiger partial charge in [-0.1, -0.05) is 19.8 Å². The van der Waals surface area contributed by atoms with Crippen LogP contribution in [0, 0.1) is 5.92 Å². The van der Waals surface area contributed by atoms with Gasteiger partial charge in [-0.2, -0.15) is 0 Å². The zero-order valence-corrected chi connectivity index (χ0v) is 11.1. The molecule has 2 fully saturated rings. The SMILES string of the molecule is CCCN(C(=O)C1CCCC1)C1CCNCC1. The van der Waals surface area contributed by atoms with Crippen molar-refractivity contribution in [2.24, 2.45) is 5.92 Å². The Hall–Kier alpha value is -0.570. The Kier molecular flexibility index (Phi) is 4.84. The van der Waals surface area contributed by atoms with Gasteiger partial charge >= 0.3 is 0 Å². The lowest BCUT2D eigenvalue weighted by Gasteiger charge is -2.36. The summed E-state index contributed by atoms with van der Waals surface area (Å²) >= 11 is 0. The average molecular weight is 238 g/mol. The lowest BCUT2D eigenvalue weighted by Crippen LogP contribution is -2.48. The van der Waals surface area contributed by atoms with Crippen molar-refractivity contribution in [2.75, 3.05) is 19.6 Å². The van der Waals surface area contributed by atoms with Crippen LogP contribution in [-0.4, -0.2) is 36.5 Å². The molecule has 1 aliphatic carbocycles. The summed E-state index contributed by atoms with van der Waals surface area (Å²) in [6, 6.07) is 0.504. The number of nitrogens with zero attached hydrogens (tertiary/aromatic N) is 1. The number of amides is 1. The van der Waals surface area contributed by atoms with Gasteiger partial charge in [-0.05, 0) is 45.2 Å². The number of carbonyl (C=O) groups is 1. The second-order valence-corrected chi connectivity index (χ2v) is 5.49. The summed E-state index contributed by atoms with van der Waals surface area (Å²) in [5.74, 6) is 0.799. The van der Waals surface area contributed by atoms with Crippen molar-refractivity contribution < 1.29 is 4.79 Å². The molecule has 0 aromatic rings. The van der Waals surface area contributed by atoms with Crippen LogP contribution in [0.3, 0.4) is 0 Å².